The molecular weight excluding hydrogens is 222 g/mol. The second-order valence-electron chi connectivity index (χ2n) is 4.74. The van der Waals surface area contributed by atoms with E-state index in [2.05, 4.69) is 0 Å². The van der Waals surface area contributed by atoms with E-state index in [1.807, 2.05) is 30.8 Å². The van der Waals surface area contributed by atoms with Crippen LogP contribution < -0.4 is 5.73 Å². The third-order valence-corrected chi connectivity index (χ3v) is 3.37. The molecule has 1 aliphatic rings. The molecule has 0 aliphatic heterocycles. The van der Waals surface area contributed by atoms with Gasteiger partial charge < -0.3 is 10.6 Å². The Labute approximate surface area is 103 Å². The Balaban J connectivity index is 2.29. The summed E-state index contributed by atoms with van der Waals surface area (Å²) in [5.41, 5.74) is 5.54. The summed E-state index contributed by atoms with van der Waals surface area (Å²) in [6.07, 6.45) is 2.30. The number of nitrogens with two attached hydrogens (primary N) is 1. The summed E-state index contributed by atoms with van der Waals surface area (Å²) in [5, 5.41) is 0. The predicted octanol–water partition coefficient (Wildman–Crippen LogP) is 0.461. The number of hydrogen-bond donors (Lipinski definition) is 1. The highest BCUT2D eigenvalue weighted by Gasteiger charge is 2.29. The van der Waals surface area contributed by atoms with Crippen molar-refractivity contribution in [3.05, 3.63) is 0 Å². The fraction of sp³-hybridized carbons (Fsp3) is 0.818. The number of carbonyl (C=O) groups excluding carboxylic acids is 1. The van der Waals surface area contributed by atoms with Gasteiger partial charge in [0.1, 0.15) is 0 Å². The monoisotopic (exact) mass is 243 g/mol. The summed E-state index contributed by atoms with van der Waals surface area (Å²) >= 11 is 4.91. The van der Waals surface area contributed by atoms with E-state index < -0.39 is 0 Å². The quantitative estimate of drug-likeness (QED) is 0.689. The molecule has 1 aliphatic carbocycles. The normalized spacial score (nSPS) is 17.2. The molecule has 16 heavy (non-hydrogen) atoms. The Bertz CT molecular complexity index is 278. The van der Waals surface area contributed by atoms with Gasteiger partial charge in [-0.1, -0.05) is 19.1 Å². The van der Waals surface area contributed by atoms with Crippen LogP contribution in [0.1, 0.15) is 19.8 Å². The Morgan fingerprint density at radius 3 is 2.50 bits per heavy atom. The molecule has 92 valence electrons. The second-order valence-corrected chi connectivity index (χ2v) is 5.21. The Morgan fingerprint density at radius 1 is 1.50 bits per heavy atom. The molecule has 5 heteroatoms. The molecular formula is C11H21N3OS. The van der Waals surface area contributed by atoms with Crippen LogP contribution in [0, 0.1) is 5.92 Å². The maximum absolute atomic E-state index is 11.8. The highest BCUT2D eigenvalue weighted by molar-refractivity contribution is 7.80. The fourth-order valence-corrected chi connectivity index (χ4v) is 1.70. The van der Waals surface area contributed by atoms with Crippen molar-refractivity contribution in [2.75, 3.05) is 27.2 Å². The summed E-state index contributed by atoms with van der Waals surface area (Å²) < 4.78 is 0. The Hall–Kier alpha value is -0.680. The third-order valence-electron chi connectivity index (χ3n) is 2.96. The van der Waals surface area contributed by atoms with Gasteiger partial charge in [0.15, 0.2) is 0 Å². The SMILES string of the molecule is CC(CN(C)CC(=O)N(C)C1CC1)C(N)=S. The summed E-state index contributed by atoms with van der Waals surface area (Å²) in [5.74, 6) is 0.333. The van der Waals surface area contributed by atoms with Crippen LogP contribution in [0.3, 0.4) is 0 Å². The average molecular weight is 243 g/mol. The number of rotatable bonds is 6. The molecule has 1 amide bonds. The summed E-state index contributed by atoms with van der Waals surface area (Å²) in [4.78, 5) is 16.1. The molecule has 0 bridgehead atoms. The summed E-state index contributed by atoms with van der Waals surface area (Å²) in [6.45, 7) is 3.16. The van der Waals surface area contributed by atoms with E-state index in [1.165, 1.54) is 0 Å². The number of thiocarbonyl (C=S) groups is 1. The Morgan fingerprint density at radius 2 is 2.06 bits per heavy atom. The van der Waals surface area contributed by atoms with Gasteiger partial charge in [0.2, 0.25) is 5.91 Å². The van der Waals surface area contributed by atoms with Gasteiger partial charge in [-0.2, -0.15) is 0 Å². The Kier molecular flexibility index (Phi) is 4.68. The molecule has 1 unspecified atom stereocenters. The molecule has 0 saturated heterocycles. The van der Waals surface area contributed by atoms with Gasteiger partial charge >= 0.3 is 0 Å². The molecule has 1 rings (SSSR count). The molecule has 0 aromatic heterocycles. The van der Waals surface area contributed by atoms with Gasteiger partial charge in [-0.15, -0.1) is 0 Å². The van der Waals surface area contributed by atoms with Crippen molar-refractivity contribution in [2.24, 2.45) is 11.7 Å². The van der Waals surface area contributed by atoms with Crippen molar-refractivity contribution in [1.29, 1.82) is 0 Å². The van der Waals surface area contributed by atoms with Crippen LogP contribution in [0.25, 0.3) is 0 Å². The predicted molar refractivity (Wildman–Crippen MR) is 69.2 cm³/mol. The van der Waals surface area contributed by atoms with E-state index in [0.717, 1.165) is 19.4 Å². The van der Waals surface area contributed by atoms with Gasteiger partial charge in [-0.05, 0) is 19.9 Å². The summed E-state index contributed by atoms with van der Waals surface area (Å²) in [7, 11) is 3.80. The van der Waals surface area contributed by atoms with Gasteiger partial charge in [0, 0.05) is 25.6 Å². The zero-order chi connectivity index (χ0) is 12.3. The van der Waals surface area contributed by atoms with Crippen LogP contribution in [0.5, 0.6) is 0 Å². The number of carbonyl (C=O) groups is 1. The molecule has 1 saturated carbocycles. The lowest BCUT2D eigenvalue weighted by Gasteiger charge is -2.23. The molecule has 4 nitrogen and oxygen atoms in total. The van der Waals surface area contributed by atoms with E-state index in [4.69, 9.17) is 18.0 Å². The minimum atomic E-state index is 0.152. The minimum Gasteiger partial charge on any atom is -0.393 e. The van der Waals surface area contributed by atoms with Crippen LogP contribution in [0.4, 0.5) is 0 Å². The van der Waals surface area contributed by atoms with Crippen molar-refractivity contribution in [2.45, 2.75) is 25.8 Å². The van der Waals surface area contributed by atoms with Crippen molar-refractivity contribution >= 4 is 23.1 Å². The van der Waals surface area contributed by atoms with E-state index in [1.54, 1.807) is 0 Å². The first kappa shape index (κ1) is 13.4. The van der Waals surface area contributed by atoms with E-state index in [0.29, 0.717) is 17.6 Å². The topological polar surface area (TPSA) is 49.6 Å². The molecule has 0 radical (unpaired) electrons. The van der Waals surface area contributed by atoms with Gasteiger partial charge in [0.25, 0.3) is 0 Å². The van der Waals surface area contributed by atoms with Crippen LogP contribution in [0.2, 0.25) is 0 Å². The molecule has 2 N–H and O–H groups in total. The largest absolute Gasteiger partial charge is 0.393 e. The van der Waals surface area contributed by atoms with Crippen LogP contribution in [-0.4, -0.2) is 53.9 Å². The lowest BCUT2D eigenvalue weighted by molar-refractivity contribution is -0.131. The van der Waals surface area contributed by atoms with Gasteiger partial charge in [0.05, 0.1) is 11.5 Å². The fourth-order valence-electron chi connectivity index (χ4n) is 1.63. The van der Waals surface area contributed by atoms with Gasteiger partial charge in [-0.25, -0.2) is 0 Å². The second kappa shape index (κ2) is 5.59. The minimum absolute atomic E-state index is 0.152. The standard InChI is InChI=1S/C11H21N3OS/c1-8(11(12)16)6-13(2)7-10(15)14(3)9-4-5-9/h8-9H,4-7H2,1-3H3,(H2,12,16). The van der Waals surface area contributed by atoms with Crippen LogP contribution in [0.15, 0.2) is 0 Å². The zero-order valence-corrected chi connectivity index (χ0v) is 11.1. The maximum Gasteiger partial charge on any atom is 0.236 e. The molecule has 0 aromatic rings. The molecule has 1 fully saturated rings. The van der Waals surface area contributed by atoms with Crippen molar-refractivity contribution in [1.82, 2.24) is 9.80 Å². The number of amides is 1. The molecule has 0 aromatic carbocycles. The maximum atomic E-state index is 11.8. The van der Waals surface area contributed by atoms with Crippen molar-refractivity contribution in [3.8, 4) is 0 Å². The van der Waals surface area contributed by atoms with E-state index >= 15 is 0 Å². The highest BCUT2D eigenvalue weighted by Crippen LogP contribution is 2.25. The first-order chi connectivity index (χ1) is 7.41. The van der Waals surface area contributed by atoms with Crippen LogP contribution in [-0.2, 0) is 4.79 Å². The lowest BCUT2D eigenvalue weighted by atomic mass is 10.2. The zero-order valence-electron chi connectivity index (χ0n) is 10.3. The molecule has 0 heterocycles. The van der Waals surface area contributed by atoms with Crippen molar-refractivity contribution in [3.63, 3.8) is 0 Å². The average Bonchev–Trinajstić information content (AvgIpc) is 2.99. The third kappa shape index (κ3) is 4.06. The smallest absolute Gasteiger partial charge is 0.236 e. The van der Waals surface area contributed by atoms with Gasteiger partial charge in [-0.3, -0.25) is 9.69 Å². The van der Waals surface area contributed by atoms with Crippen LogP contribution >= 0.6 is 12.2 Å². The number of likely N-dealkylation sites (N-methyl/N-ethyl adjacent to an activating group) is 2. The lowest BCUT2D eigenvalue weighted by Crippen LogP contribution is -2.40. The first-order valence-corrected chi connectivity index (χ1v) is 6.06. The molecule has 0 spiro atoms. The highest BCUT2D eigenvalue weighted by atomic mass is 32.1. The molecule has 1 atom stereocenters. The number of hydrogen-bond acceptors (Lipinski definition) is 3. The summed E-state index contributed by atoms with van der Waals surface area (Å²) in [6, 6.07) is 0.480. The van der Waals surface area contributed by atoms with E-state index in [9.17, 15) is 4.79 Å². The van der Waals surface area contributed by atoms with Crippen molar-refractivity contribution < 1.29 is 4.79 Å². The first-order valence-electron chi connectivity index (χ1n) is 5.65. The van der Waals surface area contributed by atoms with E-state index in [-0.39, 0.29) is 11.8 Å². The number of nitrogens with zero attached hydrogens (tertiary/aromatic N) is 2.